The molecule has 1 heterocycles. The molecule has 1 aliphatic heterocycles. The highest BCUT2D eigenvalue weighted by Crippen LogP contribution is 2.31. The molecule has 1 aliphatic rings. The Labute approximate surface area is 145 Å². The number of hydrogen-bond acceptors (Lipinski definition) is 4. The van der Waals surface area contributed by atoms with Gasteiger partial charge in [-0.05, 0) is 25.1 Å². The van der Waals surface area contributed by atoms with Crippen LogP contribution in [0.1, 0.15) is 12.5 Å². The fourth-order valence-electron chi connectivity index (χ4n) is 2.84. The number of rotatable bonds is 6. The van der Waals surface area contributed by atoms with Gasteiger partial charge in [-0.2, -0.15) is 13.2 Å². The van der Waals surface area contributed by atoms with Gasteiger partial charge in [-0.1, -0.05) is 6.07 Å². The van der Waals surface area contributed by atoms with E-state index in [2.05, 4.69) is 5.32 Å². The molecule has 1 N–H and O–H groups in total. The first kappa shape index (κ1) is 19.5. The van der Waals surface area contributed by atoms with Crippen molar-refractivity contribution in [2.75, 3.05) is 51.3 Å². The smallest absolute Gasteiger partial charge is 0.383 e. The summed E-state index contributed by atoms with van der Waals surface area (Å²) in [7, 11) is 1.57. The van der Waals surface area contributed by atoms with Crippen LogP contribution in [-0.2, 0) is 15.7 Å². The fourth-order valence-corrected chi connectivity index (χ4v) is 2.84. The van der Waals surface area contributed by atoms with Gasteiger partial charge in [0.15, 0.2) is 0 Å². The SMILES string of the molecule is COCCNC(=O)[C@H](C)N1CCN(c2cccc(C(F)(F)F)c2)CC1. The molecule has 1 fully saturated rings. The summed E-state index contributed by atoms with van der Waals surface area (Å²) in [5.41, 5.74) is -0.0787. The van der Waals surface area contributed by atoms with E-state index in [1.807, 2.05) is 16.7 Å². The zero-order valence-corrected chi connectivity index (χ0v) is 14.5. The lowest BCUT2D eigenvalue weighted by atomic mass is 10.1. The minimum Gasteiger partial charge on any atom is -0.383 e. The molecule has 8 heteroatoms. The molecule has 1 aromatic carbocycles. The van der Waals surface area contributed by atoms with Crippen LogP contribution in [0.15, 0.2) is 24.3 Å². The van der Waals surface area contributed by atoms with Crippen molar-refractivity contribution in [3.63, 3.8) is 0 Å². The first-order valence-corrected chi connectivity index (χ1v) is 8.26. The summed E-state index contributed by atoms with van der Waals surface area (Å²) in [5, 5.41) is 2.80. The number of carbonyl (C=O) groups is 1. The molecule has 0 spiro atoms. The molecule has 1 aromatic rings. The Morgan fingerprint density at radius 1 is 1.28 bits per heavy atom. The molecule has 0 bridgehead atoms. The number of piperazine rings is 1. The minimum atomic E-state index is -4.34. The second-order valence-electron chi connectivity index (χ2n) is 6.03. The number of amides is 1. The Bertz CT molecular complexity index is 573. The van der Waals surface area contributed by atoms with Crippen molar-refractivity contribution < 1.29 is 22.7 Å². The van der Waals surface area contributed by atoms with Crippen LogP contribution in [0.2, 0.25) is 0 Å². The number of benzene rings is 1. The molecule has 1 amide bonds. The number of carbonyl (C=O) groups excluding carboxylic acids is 1. The second-order valence-corrected chi connectivity index (χ2v) is 6.03. The number of hydrogen-bond donors (Lipinski definition) is 1. The van der Waals surface area contributed by atoms with Crippen LogP contribution in [0.25, 0.3) is 0 Å². The lowest BCUT2D eigenvalue weighted by Gasteiger charge is -2.38. The van der Waals surface area contributed by atoms with Crippen molar-refractivity contribution in [2.24, 2.45) is 0 Å². The number of anilines is 1. The van der Waals surface area contributed by atoms with Crippen molar-refractivity contribution in [1.82, 2.24) is 10.2 Å². The molecule has 1 saturated heterocycles. The zero-order valence-electron chi connectivity index (χ0n) is 14.5. The molecule has 2 rings (SSSR count). The van der Waals surface area contributed by atoms with Gasteiger partial charge in [0.05, 0.1) is 18.2 Å². The highest BCUT2D eigenvalue weighted by molar-refractivity contribution is 5.81. The van der Waals surface area contributed by atoms with E-state index in [1.165, 1.54) is 12.1 Å². The van der Waals surface area contributed by atoms with Crippen LogP contribution in [0, 0.1) is 0 Å². The third-order valence-corrected chi connectivity index (χ3v) is 4.39. The lowest BCUT2D eigenvalue weighted by Crippen LogP contribution is -2.54. The number of halogens is 3. The maximum Gasteiger partial charge on any atom is 0.416 e. The van der Waals surface area contributed by atoms with E-state index in [4.69, 9.17) is 4.74 Å². The fraction of sp³-hybridized carbons (Fsp3) is 0.588. The van der Waals surface area contributed by atoms with Crippen molar-refractivity contribution in [1.29, 1.82) is 0 Å². The molecular formula is C17H24F3N3O2. The first-order chi connectivity index (χ1) is 11.8. The monoisotopic (exact) mass is 359 g/mol. The third-order valence-electron chi connectivity index (χ3n) is 4.39. The quantitative estimate of drug-likeness (QED) is 0.789. The van der Waals surface area contributed by atoms with Gasteiger partial charge in [0, 0.05) is 45.5 Å². The first-order valence-electron chi connectivity index (χ1n) is 8.26. The molecule has 5 nitrogen and oxygen atoms in total. The summed E-state index contributed by atoms with van der Waals surface area (Å²) >= 11 is 0. The third kappa shape index (κ3) is 5.34. The summed E-state index contributed by atoms with van der Waals surface area (Å²) in [6.07, 6.45) is -4.34. The van der Waals surface area contributed by atoms with E-state index in [-0.39, 0.29) is 11.9 Å². The molecule has 0 aromatic heterocycles. The average molecular weight is 359 g/mol. The molecule has 0 radical (unpaired) electrons. The second kappa shape index (κ2) is 8.53. The van der Waals surface area contributed by atoms with Crippen LogP contribution in [-0.4, -0.2) is 63.3 Å². The van der Waals surface area contributed by atoms with Gasteiger partial charge in [0.1, 0.15) is 0 Å². The standard InChI is InChI=1S/C17H24F3N3O2/c1-13(16(24)21-6-11-25-2)22-7-9-23(10-8-22)15-5-3-4-14(12-15)17(18,19)20/h3-5,12-13H,6-11H2,1-2H3,(H,21,24)/t13-/m0/s1. The molecule has 1 atom stereocenters. The van der Waals surface area contributed by atoms with Gasteiger partial charge in [0.25, 0.3) is 0 Å². The summed E-state index contributed by atoms with van der Waals surface area (Å²) < 4.78 is 43.4. The van der Waals surface area contributed by atoms with Gasteiger partial charge < -0.3 is 15.0 Å². The maximum absolute atomic E-state index is 12.8. The Morgan fingerprint density at radius 2 is 1.96 bits per heavy atom. The normalized spacial score (nSPS) is 17.4. The minimum absolute atomic E-state index is 0.0652. The molecular weight excluding hydrogens is 335 g/mol. The Morgan fingerprint density at radius 3 is 2.56 bits per heavy atom. The van der Waals surface area contributed by atoms with Crippen LogP contribution < -0.4 is 10.2 Å². The maximum atomic E-state index is 12.8. The van der Waals surface area contributed by atoms with Crippen molar-refractivity contribution >= 4 is 11.6 Å². The van der Waals surface area contributed by atoms with E-state index in [0.29, 0.717) is 45.0 Å². The topological polar surface area (TPSA) is 44.8 Å². The predicted octanol–water partition coefficient (Wildman–Crippen LogP) is 1.98. The predicted molar refractivity (Wildman–Crippen MR) is 89.6 cm³/mol. The number of nitrogens with zero attached hydrogens (tertiary/aromatic N) is 2. The number of methoxy groups -OCH3 is 1. The zero-order chi connectivity index (χ0) is 18.4. The van der Waals surface area contributed by atoms with E-state index in [0.717, 1.165) is 6.07 Å². The van der Waals surface area contributed by atoms with Gasteiger partial charge in [-0.15, -0.1) is 0 Å². The average Bonchev–Trinajstić information content (AvgIpc) is 2.61. The van der Waals surface area contributed by atoms with Gasteiger partial charge in [0.2, 0.25) is 5.91 Å². The van der Waals surface area contributed by atoms with Crippen LogP contribution in [0.5, 0.6) is 0 Å². The Hall–Kier alpha value is -1.80. The van der Waals surface area contributed by atoms with E-state index in [1.54, 1.807) is 13.2 Å². The summed E-state index contributed by atoms with van der Waals surface area (Å²) in [6, 6.07) is 5.09. The Balaban J connectivity index is 1.90. The Kier molecular flexibility index (Phi) is 6.66. The molecule has 0 aliphatic carbocycles. The van der Waals surface area contributed by atoms with E-state index < -0.39 is 11.7 Å². The van der Waals surface area contributed by atoms with E-state index >= 15 is 0 Å². The molecule has 0 unspecified atom stereocenters. The van der Waals surface area contributed by atoms with Crippen molar-refractivity contribution in [3.05, 3.63) is 29.8 Å². The highest BCUT2D eigenvalue weighted by atomic mass is 19.4. The molecule has 0 saturated carbocycles. The summed E-state index contributed by atoms with van der Waals surface area (Å²) in [5.74, 6) is -0.0652. The van der Waals surface area contributed by atoms with Crippen LogP contribution in [0.4, 0.5) is 18.9 Å². The number of ether oxygens (including phenoxy) is 1. The van der Waals surface area contributed by atoms with Gasteiger partial charge in [-0.3, -0.25) is 9.69 Å². The van der Waals surface area contributed by atoms with E-state index in [9.17, 15) is 18.0 Å². The van der Waals surface area contributed by atoms with Crippen LogP contribution in [0.3, 0.4) is 0 Å². The van der Waals surface area contributed by atoms with Gasteiger partial charge >= 0.3 is 6.18 Å². The summed E-state index contributed by atoms with van der Waals surface area (Å²) in [6.45, 7) is 5.16. The summed E-state index contributed by atoms with van der Waals surface area (Å²) in [4.78, 5) is 16.0. The molecule has 25 heavy (non-hydrogen) atoms. The van der Waals surface area contributed by atoms with Crippen LogP contribution >= 0.6 is 0 Å². The number of alkyl halides is 3. The van der Waals surface area contributed by atoms with Crippen molar-refractivity contribution in [2.45, 2.75) is 19.1 Å². The lowest BCUT2D eigenvalue weighted by molar-refractivity contribution is -0.137. The largest absolute Gasteiger partial charge is 0.416 e. The molecule has 140 valence electrons. The van der Waals surface area contributed by atoms with Crippen molar-refractivity contribution in [3.8, 4) is 0 Å². The van der Waals surface area contributed by atoms with Gasteiger partial charge in [-0.25, -0.2) is 0 Å². The highest BCUT2D eigenvalue weighted by Gasteiger charge is 2.31. The number of nitrogens with one attached hydrogen (secondary N) is 1.